The third-order valence-electron chi connectivity index (χ3n) is 11.8. The zero-order valence-corrected chi connectivity index (χ0v) is 32.4. The molecule has 1 aliphatic carbocycles. The van der Waals surface area contributed by atoms with Gasteiger partial charge in [-0.1, -0.05) is 189 Å². The minimum Gasteiger partial charge on any atom is -0.275 e. The summed E-state index contributed by atoms with van der Waals surface area (Å²) in [5.41, 5.74) is 14.3. The fraction of sp³-hybridized carbons (Fsp3) is 0.0536. The third-order valence-corrected chi connectivity index (χ3v) is 11.8. The van der Waals surface area contributed by atoms with Crippen LogP contribution in [0.1, 0.15) is 52.6 Å². The number of nitrogens with zero attached hydrogens (tertiary/aromatic N) is 1. The second-order valence-corrected chi connectivity index (χ2v) is 15.4. The molecule has 0 N–H and O–H groups in total. The van der Waals surface area contributed by atoms with Gasteiger partial charge in [0.15, 0.2) is 0 Å². The van der Waals surface area contributed by atoms with E-state index < -0.39 is 0 Å². The van der Waals surface area contributed by atoms with Crippen molar-refractivity contribution in [3.05, 3.63) is 251 Å². The molecule has 10 rings (SSSR count). The summed E-state index contributed by atoms with van der Waals surface area (Å²) in [7, 11) is 0. The SMILES string of the molecule is C=C(/C=C(\C=C(/C)c1ccccc1)c1ccc2c3ccc(C4=CC(c5ccccc5)CC(c5ccccc5)=C4)cc3n3c(=O)c4ccccc4c1c23)c1ccccc1. The van der Waals surface area contributed by atoms with Gasteiger partial charge < -0.3 is 0 Å². The fourth-order valence-corrected chi connectivity index (χ4v) is 8.91. The van der Waals surface area contributed by atoms with Gasteiger partial charge in [0.1, 0.15) is 0 Å². The molecule has 0 radical (unpaired) electrons. The summed E-state index contributed by atoms with van der Waals surface area (Å²) in [4.78, 5) is 14.8. The van der Waals surface area contributed by atoms with Crippen LogP contribution < -0.4 is 5.56 Å². The van der Waals surface area contributed by atoms with E-state index in [0.717, 1.165) is 83.5 Å². The first-order valence-electron chi connectivity index (χ1n) is 20.0. The largest absolute Gasteiger partial charge is 0.275 e. The van der Waals surface area contributed by atoms with Crippen LogP contribution in [0.4, 0.5) is 0 Å². The number of aromatic nitrogens is 1. The van der Waals surface area contributed by atoms with Gasteiger partial charge in [-0.05, 0) is 98.2 Å². The highest BCUT2D eigenvalue weighted by molar-refractivity contribution is 6.23. The van der Waals surface area contributed by atoms with E-state index in [4.69, 9.17) is 0 Å². The number of benzene rings is 7. The summed E-state index contributed by atoms with van der Waals surface area (Å²) in [6, 6.07) is 61.5. The predicted octanol–water partition coefficient (Wildman–Crippen LogP) is 14.1. The van der Waals surface area contributed by atoms with Crippen LogP contribution in [0.5, 0.6) is 0 Å². The zero-order valence-electron chi connectivity index (χ0n) is 32.4. The maximum atomic E-state index is 14.8. The Hall–Kier alpha value is -7.29. The summed E-state index contributed by atoms with van der Waals surface area (Å²) < 4.78 is 1.98. The molecule has 2 nitrogen and oxygen atoms in total. The lowest BCUT2D eigenvalue weighted by Gasteiger charge is -2.23. The molecule has 7 aromatic carbocycles. The fourth-order valence-electron chi connectivity index (χ4n) is 8.91. The number of fused-ring (bicyclic) bond motifs is 5. The highest BCUT2D eigenvalue weighted by Gasteiger charge is 2.23. The minimum absolute atomic E-state index is 0.00654. The highest BCUT2D eigenvalue weighted by atomic mass is 16.1. The number of hydrogen-bond acceptors (Lipinski definition) is 1. The Balaban J connectivity index is 1.22. The maximum Gasteiger partial charge on any atom is 0.263 e. The molecular formula is C56H41NO. The van der Waals surface area contributed by atoms with Crippen molar-refractivity contribution >= 4 is 65.8 Å². The van der Waals surface area contributed by atoms with E-state index in [-0.39, 0.29) is 11.5 Å². The van der Waals surface area contributed by atoms with Crippen LogP contribution in [-0.2, 0) is 0 Å². The van der Waals surface area contributed by atoms with E-state index in [2.05, 4.69) is 171 Å². The minimum atomic E-state index is -0.00654. The Morgan fingerprint density at radius 3 is 1.97 bits per heavy atom. The third kappa shape index (κ3) is 6.20. The quantitative estimate of drug-likeness (QED) is 0.112. The van der Waals surface area contributed by atoms with Crippen molar-refractivity contribution in [3.8, 4) is 0 Å². The molecule has 1 unspecified atom stereocenters. The van der Waals surface area contributed by atoms with E-state index in [1.807, 2.05) is 46.9 Å². The average molecular weight is 744 g/mol. The van der Waals surface area contributed by atoms with Crippen molar-refractivity contribution in [2.24, 2.45) is 0 Å². The van der Waals surface area contributed by atoms with Crippen LogP contribution in [0.25, 0.3) is 65.8 Å². The van der Waals surface area contributed by atoms with E-state index in [1.165, 1.54) is 16.7 Å². The van der Waals surface area contributed by atoms with Crippen LogP contribution in [0, 0.1) is 0 Å². The second-order valence-electron chi connectivity index (χ2n) is 15.4. The van der Waals surface area contributed by atoms with E-state index in [0.29, 0.717) is 5.39 Å². The van der Waals surface area contributed by atoms with Crippen molar-refractivity contribution in [2.45, 2.75) is 19.3 Å². The molecule has 2 heterocycles. The van der Waals surface area contributed by atoms with Crippen LogP contribution >= 0.6 is 0 Å². The van der Waals surface area contributed by atoms with E-state index in [1.54, 1.807) is 0 Å². The van der Waals surface area contributed by atoms with Gasteiger partial charge in [0, 0.05) is 27.5 Å². The number of hydrogen-bond donors (Lipinski definition) is 0. The molecule has 0 fully saturated rings. The Kier molecular flexibility index (Phi) is 8.88. The van der Waals surface area contributed by atoms with Crippen molar-refractivity contribution in [1.29, 1.82) is 0 Å². The van der Waals surface area contributed by atoms with Gasteiger partial charge in [-0.3, -0.25) is 9.20 Å². The molecule has 0 aliphatic heterocycles. The summed E-state index contributed by atoms with van der Waals surface area (Å²) in [5, 5.41) is 4.83. The van der Waals surface area contributed by atoms with Gasteiger partial charge >= 0.3 is 0 Å². The van der Waals surface area contributed by atoms with Crippen LogP contribution in [-0.4, -0.2) is 4.40 Å². The van der Waals surface area contributed by atoms with Gasteiger partial charge in [-0.15, -0.1) is 0 Å². The standard InChI is InChI=1S/C56H41NO/c1-37(39-17-7-3-8-18-39)31-47(32-38(2)40-19-9-4-10-20-40)48-29-30-51-49-28-27-43(36-53(49)57-55(51)54(48)50-25-15-16-26-52(50)56(57)58)46-34-44(41-21-11-5-12-22-41)33-45(35-46)42-23-13-6-14-24-42/h3-32,34-36,44H,1,33H2,2H3/b38-32+,47-31+. The Morgan fingerprint density at radius 2 is 1.24 bits per heavy atom. The van der Waals surface area contributed by atoms with Crippen LogP contribution in [0.2, 0.25) is 0 Å². The van der Waals surface area contributed by atoms with Crippen molar-refractivity contribution in [3.63, 3.8) is 0 Å². The first-order chi connectivity index (χ1) is 28.5. The molecule has 0 amide bonds. The molecule has 9 aromatic rings. The lowest BCUT2D eigenvalue weighted by molar-refractivity contribution is 0.871. The van der Waals surface area contributed by atoms with Crippen molar-refractivity contribution in [1.82, 2.24) is 4.40 Å². The number of allylic oxidation sites excluding steroid dienone is 9. The molecule has 0 bridgehead atoms. The van der Waals surface area contributed by atoms with E-state index in [9.17, 15) is 4.79 Å². The van der Waals surface area contributed by atoms with Gasteiger partial charge in [0.05, 0.1) is 11.0 Å². The van der Waals surface area contributed by atoms with E-state index >= 15 is 0 Å². The summed E-state index contributed by atoms with van der Waals surface area (Å²) in [6.45, 7) is 6.70. The predicted molar refractivity (Wildman–Crippen MR) is 247 cm³/mol. The molecule has 276 valence electrons. The molecule has 2 heteroatoms. The highest BCUT2D eigenvalue weighted by Crippen LogP contribution is 2.43. The molecular weight excluding hydrogens is 703 g/mol. The molecule has 1 atom stereocenters. The van der Waals surface area contributed by atoms with Gasteiger partial charge in [-0.25, -0.2) is 0 Å². The lowest BCUT2D eigenvalue weighted by atomic mass is 9.81. The van der Waals surface area contributed by atoms with Crippen molar-refractivity contribution in [2.75, 3.05) is 0 Å². The maximum absolute atomic E-state index is 14.8. The van der Waals surface area contributed by atoms with Crippen LogP contribution in [0.3, 0.4) is 0 Å². The number of rotatable bonds is 8. The summed E-state index contributed by atoms with van der Waals surface area (Å²) in [6.07, 6.45) is 10.1. The molecule has 1 aliphatic rings. The van der Waals surface area contributed by atoms with Crippen LogP contribution in [0.15, 0.2) is 212 Å². The smallest absolute Gasteiger partial charge is 0.263 e. The molecule has 0 saturated heterocycles. The molecule has 2 aromatic heterocycles. The Labute approximate surface area is 338 Å². The first-order valence-corrected chi connectivity index (χ1v) is 20.0. The van der Waals surface area contributed by atoms with Gasteiger partial charge in [0.25, 0.3) is 5.56 Å². The molecule has 0 spiro atoms. The molecule has 0 saturated carbocycles. The first kappa shape index (κ1) is 35.1. The zero-order chi connectivity index (χ0) is 39.2. The topological polar surface area (TPSA) is 21.5 Å². The van der Waals surface area contributed by atoms with Gasteiger partial charge in [-0.2, -0.15) is 0 Å². The Morgan fingerprint density at radius 1 is 0.621 bits per heavy atom. The number of pyridine rings is 1. The Bertz CT molecular complexity index is 3200. The monoisotopic (exact) mass is 743 g/mol. The summed E-state index contributed by atoms with van der Waals surface area (Å²) in [5.74, 6) is 0.225. The normalized spacial score (nSPS) is 14.9. The lowest BCUT2D eigenvalue weighted by Crippen LogP contribution is -2.13. The second kappa shape index (κ2) is 14.7. The average Bonchev–Trinajstić information content (AvgIpc) is 3.63. The van der Waals surface area contributed by atoms with Gasteiger partial charge in [0.2, 0.25) is 0 Å². The van der Waals surface area contributed by atoms with Crippen molar-refractivity contribution < 1.29 is 0 Å². The summed E-state index contributed by atoms with van der Waals surface area (Å²) >= 11 is 0. The molecule has 58 heavy (non-hydrogen) atoms.